The fourth-order valence-electron chi connectivity index (χ4n) is 0.870. The number of hydrogen-bond donors (Lipinski definition) is 1. The SMILES string of the molecule is O=[N+]([O-])c1c(I)ncc(O)c1C(F)F. The standard InChI is InChI=1S/C6H3F2IN2O3/c7-5(8)3-2(12)1-10-6(9)4(3)11(13)14/h1,5,12H. The van der Waals surface area contributed by atoms with E-state index in [0.717, 1.165) is 6.20 Å². The number of nitrogens with zero attached hydrogens (tertiary/aromatic N) is 2. The van der Waals surface area contributed by atoms with Crippen LogP contribution in [0.5, 0.6) is 5.75 Å². The minimum atomic E-state index is -3.10. The average molecular weight is 316 g/mol. The van der Waals surface area contributed by atoms with Gasteiger partial charge in [-0.1, -0.05) is 0 Å². The first-order chi connectivity index (χ1) is 6.45. The maximum atomic E-state index is 12.3. The Kier molecular flexibility index (Phi) is 3.13. The Morgan fingerprint density at radius 3 is 2.57 bits per heavy atom. The Morgan fingerprint density at radius 1 is 1.64 bits per heavy atom. The van der Waals surface area contributed by atoms with Gasteiger partial charge >= 0.3 is 5.69 Å². The van der Waals surface area contributed by atoms with E-state index < -0.39 is 28.3 Å². The molecule has 0 aromatic carbocycles. The van der Waals surface area contributed by atoms with Gasteiger partial charge in [0.05, 0.1) is 11.1 Å². The Balaban J connectivity index is 3.50. The number of pyridine rings is 1. The second-order valence-corrected chi connectivity index (χ2v) is 3.28. The zero-order valence-corrected chi connectivity index (χ0v) is 8.60. The van der Waals surface area contributed by atoms with Crippen LogP contribution < -0.4 is 0 Å². The lowest BCUT2D eigenvalue weighted by Crippen LogP contribution is -2.01. The lowest BCUT2D eigenvalue weighted by atomic mass is 10.2. The molecule has 1 rings (SSSR count). The van der Waals surface area contributed by atoms with E-state index in [0.29, 0.717) is 0 Å². The maximum Gasteiger partial charge on any atom is 0.313 e. The van der Waals surface area contributed by atoms with Gasteiger partial charge in [-0.05, 0) is 22.6 Å². The Bertz CT molecular complexity index is 386. The molecule has 0 unspecified atom stereocenters. The lowest BCUT2D eigenvalue weighted by molar-refractivity contribution is -0.387. The Morgan fingerprint density at radius 2 is 2.21 bits per heavy atom. The molecule has 5 nitrogen and oxygen atoms in total. The number of rotatable bonds is 2. The summed E-state index contributed by atoms with van der Waals surface area (Å²) in [6.07, 6.45) is -2.34. The third-order valence-electron chi connectivity index (χ3n) is 1.43. The molecule has 76 valence electrons. The molecule has 0 spiro atoms. The van der Waals surface area contributed by atoms with E-state index >= 15 is 0 Å². The highest BCUT2D eigenvalue weighted by molar-refractivity contribution is 14.1. The van der Waals surface area contributed by atoms with Crippen LogP contribution in [0.25, 0.3) is 0 Å². The first-order valence-corrected chi connectivity index (χ1v) is 4.33. The number of halogens is 3. The molecular formula is C6H3F2IN2O3. The van der Waals surface area contributed by atoms with Gasteiger partial charge in [-0.15, -0.1) is 0 Å². The molecule has 0 aliphatic carbocycles. The first kappa shape index (κ1) is 11.0. The van der Waals surface area contributed by atoms with Crippen molar-refractivity contribution in [1.82, 2.24) is 4.98 Å². The monoisotopic (exact) mass is 316 g/mol. The molecule has 14 heavy (non-hydrogen) atoms. The van der Waals surface area contributed by atoms with Crippen molar-refractivity contribution in [2.24, 2.45) is 0 Å². The molecule has 0 saturated heterocycles. The van der Waals surface area contributed by atoms with Crippen LogP contribution in [0.3, 0.4) is 0 Å². The van der Waals surface area contributed by atoms with Crippen LogP contribution in [-0.4, -0.2) is 15.0 Å². The van der Waals surface area contributed by atoms with Crippen LogP contribution in [-0.2, 0) is 0 Å². The summed E-state index contributed by atoms with van der Waals surface area (Å²) < 4.78 is 24.5. The highest BCUT2D eigenvalue weighted by Gasteiger charge is 2.29. The van der Waals surface area contributed by atoms with Gasteiger partial charge in [0, 0.05) is 0 Å². The van der Waals surface area contributed by atoms with Gasteiger partial charge in [0.15, 0.2) is 3.70 Å². The number of alkyl halides is 2. The first-order valence-electron chi connectivity index (χ1n) is 3.25. The van der Waals surface area contributed by atoms with E-state index in [9.17, 15) is 18.9 Å². The predicted molar refractivity (Wildman–Crippen MR) is 50.2 cm³/mol. The van der Waals surface area contributed by atoms with Crippen molar-refractivity contribution in [1.29, 1.82) is 0 Å². The number of hydrogen-bond acceptors (Lipinski definition) is 4. The van der Waals surface area contributed by atoms with Crippen LogP contribution in [0.4, 0.5) is 14.5 Å². The van der Waals surface area contributed by atoms with Gasteiger partial charge in [-0.3, -0.25) is 10.1 Å². The summed E-state index contributed by atoms with van der Waals surface area (Å²) in [6, 6.07) is 0. The smallest absolute Gasteiger partial charge is 0.313 e. The minimum absolute atomic E-state index is 0.180. The van der Waals surface area contributed by atoms with Gasteiger partial charge in [0.25, 0.3) is 6.43 Å². The molecule has 1 aromatic heterocycles. The topological polar surface area (TPSA) is 76.3 Å². The molecular weight excluding hydrogens is 313 g/mol. The van der Waals surface area contributed by atoms with Crippen LogP contribution in [0.15, 0.2) is 6.20 Å². The molecule has 1 aromatic rings. The third kappa shape index (κ3) is 1.89. The van der Waals surface area contributed by atoms with Crippen molar-refractivity contribution >= 4 is 28.3 Å². The number of aromatic nitrogens is 1. The molecule has 0 aliphatic rings. The Hall–Kier alpha value is -1.06. The molecule has 0 atom stereocenters. The van der Waals surface area contributed by atoms with Crippen LogP contribution in [0, 0.1) is 13.8 Å². The molecule has 0 saturated carbocycles. The van der Waals surface area contributed by atoms with Crippen molar-refractivity contribution < 1.29 is 18.8 Å². The highest BCUT2D eigenvalue weighted by Crippen LogP contribution is 2.37. The fraction of sp³-hybridized carbons (Fsp3) is 0.167. The van der Waals surface area contributed by atoms with Gasteiger partial charge in [0.1, 0.15) is 11.3 Å². The molecule has 0 bridgehead atoms. The summed E-state index contributed by atoms with van der Waals surface area (Å²) in [7, 11) is 0. The zero-order chi connectivity index (χ0) is 10.9. The highest BCUT2D eigenvalue weighted by atomic mass is 127. The predicted octanol–water partition coefficient (Wildman–Crippen LogP) is 2.24. The maximum absolute atomic E-state index is 12.3. The summed E-state index contributed by atoms with van der Waals surface area (Å²) in [5, 5.41) is 19.4. The van der Waals surface area contributed by atoms with E-state index in [1.54, 1.807) is 0 Å². The van der Waals surface area contributed by atoms with Gasteiger partial charge in [-0.2, -0.15) is 0 Å². The van der Waals surface area contributed by atoms with E-state index in [1.165, 1.54) is 22.6 Å². The zero-order valence-electron chi connectivity index (χ0n) is 6.45. The van der Waals surface area contributed by atoms with E-state index in [2.05, 4.69) is 4.98 Å². The number of nitro groups is 1. The third-order valence-corrected chi connectivity index (χ3v) is 2.22. The lowest BCUT2D eigenvalue weighted by Gasteiger charge is -2.04. The molecule has 0 amide bonds. The van der Waals surface area contributed by atoms with E-state index in [-0.39, 0.29) is 3.70 Å². The molecule has 0 aliphatic heterocycles. The normalized spacial score (nSPS) is 10.6. The summed E-state index contributed by atoms with van der Waals surface area (Å²) in [4.78, 5) is 12.8. The van der Waals surface area contributed by atoms with Gasteiger partial charge in [0.2, 0.25) is 0 Å². The summed E-state index contributed by atoms with van der Waals surface area (Å²) in [5.74, 6) is -0.868. The molecule has 1 heterocycles. The summed E-state index contributed by atoms with van der Waals surface area (Å²) in [5.41, 5.74) is -1.84. The van der Waals surface area contributed by atoms with Gasteiger partial charge in [-0.25, -0.2) is 13.8 Å². The molecule has 8 heteroatoms. The van der Waals surface area contributed by atoms with E-state index in [1.807, 2.05) is 0 Å². The molecule has 1 N–H and O–H groups in total. The second kappa shape index (κ2) is 3.98. The van der Waals surface area contributed by atoms with Crippen LogP contribution >= 0.6 is 22.6 Å². The quantitative estimate of drug-likeness (QED) is 0.393. The van der Waals surface area contributed by atoms with E-state index in [4.69, 9.17) is 5.11 Å². The van der Waals surface area contributed by atoms with Gasteiger partial charge < -0.3 is 5.11 Å². The minimum Gasteiger partial charge on any atom is -0.506 e. The summed E-state index contributed by atoms with van der Waals surface area (Å²) in [6.45, 7) is 0. The van der Waals surface area contributed by atoms with Crippen molar-refractivity contribution in [2.75, 3.05) is 0 Å². The molecule has 0 radical (unpaired) electrons. The fourth-order valence-corrected chi connectivity index (χ4v) is 1.50. The number of aromatic hydroxyl groups is 1. The second-order valence-electron chi connectivity index (χ2n) is 2.25. The average Bonchev–Trinajstić information content (AvgIpc) is 2.07. The van der Waals surface area contributed by atoms with Crippen molar-refractivity contribution in [3.63, 3.8) is 0 Å². The summed E-state index contributed by atoms with van der Waals surface area (Å²) >= 11 is 1.45. The van der Waals surface area contributed by atoms with Crippen molar-refractivity contribution in [3.05, 3.63) is 25.6 Å². The van der Waals surface area contributed by atoms with Crippen LogP contribution in [0.2, 0.25) is 0 Å². The molecule has 0 fully saturated rings. The largest absolute Gasteiger partial charge is 0.506 e. The van der Waals surface area contributed by atoms with Crippen molar-refractivity contribution in [3.8, 4) is 5.75 Å². The van der Waals surface area contributed by atoms with Crippen LogP contribution in [0.1, 0.15) is 12.0 Å². The Labute approximate surface area is 90.1 Å². The van der Waals surface area contributed by atoms with Crippen molar-refractivity contribution in [2.45, 2.75) is 6.43 Å².